The Bertz CT molecular complexity index is 445. The number of H-pyrrole nitrogens is 2. The third-order valence-corrected chi connectivity index (χ3v) is 1.60. The quantitative estimate of drug-likeness (QED) is 0.567. The van der Waals surface area contributed by atoms with Crippen LogP contribution in [0.2, 0.25) is 0 Å². The molecule has 0 aliphatic heterocycles. The van der Waals surface area contributed by atoms with Gasteiger partial charge in [0.25, 0.3) is 5.91 Å². The molecule has 0 saturated heterocycles. The van der Waals surface area contributed by atoms with Crippen molar-refractivity contribution in [1.29, 1.82) is 0 Å². The lowest BCUT2D eigenvalue weighted by Crippen LogP contribution is -2.24. The number of rotatable bonds is 3. The smallest absolute Gasteiger partial charge is 0.291 e. The lowest BCUT2D eigenvalue weighted by atomic mass is 10.5. The molecule has 0 spiro atoms. The van der Waals surface area contributed by atoms with Gasteiger partial charge in [0.15, 0.2) is 5.82 Å². The fraction of sp³-hybridized carbons (Fsp3) is 0.333. The lowest BCUT2D eigenvalue weighted by Gasteiger charge is -1.96. The number of hydrogen-bond acceptors (Lipinski definition) is 6. The lowest BCUT2D eigenvalue weighted by molar-refractivity contribution is 0.0940. The predicted molar refractivity (Wildman–Crippen MR) is 46.5 cm³/mol. The number of hydrogen-bond donors (Lipinski definition) is 3. The van der Waals surface area contributed by atoms with Crippen LogP contribution in [0.5, 0.6) is 0 Å². The summed E-state index contributed by atoms with van der Waals surface area (Å²) in [5, 5.41) is 21.8. The first-order valence-electron chi connectivity index (χ1n) is 4.15. The number of carbonyl (C=O) groups excluding carboxylic acids is 1. The van der Waals surface area contributed by atoms with Gasteiger partial charge in [-0.05, 0) is 6.92 Å². The molecule has 0 aliphatic carbocycles. The van der Waals surface area contributed by atoms with Gasteiger partial charge < -0.3 is 5.32 Å². The van der Waals surface area contributed by atoms with Crippen molar-refractivity contribution in [3.8, 4) is 0 Å². The summed E-state index contributed by atoms with van der Waals surface area (Å²) in [5.74, 6) is 0.690. The van der Waals surface area contributed by atoms with E-state index >= 15 is 0 Å². The Labute approximate surface area is 83.7 Å². The zero-order valence-electron chi connectivity index (χ0n) is 7.85. The van der Waals surface area contributed by atoms with Crippen LogP contribution < -0.4 is 5.32 Å². The standard InChI is InChI=1S/C6H8N8O/c1-3-8-5(12-9-3)6(15)7-2-4-10-13-14-11-4/h2H2,1H3,(H,7,15)(H,8,9,12)(H,10,11,13,14). The SMILES string of the molecule is Cc1nc(C(=O)NCc2nn[nH]n2)n[nH]1. The van der Waals surface area contributed by atoms with Crippen LogP contribution in [0.4, 0.5) is 0 Å². The molecule has 2 aromatic rings. The van der Waals surface area contributed by atoms with Crippen LogP contribution in [0.15, 0.2) is 0 Å². The van der Waals surface area contributed by atoms with Crippen molar-refractivity contribution in [2.24, 2.45) is 0 Å². The molecule has 78 valence electrons. The zero-order chi connectivity index (χ0) is 10.7. The minimum absolute atomic E-state index is 0.0935. The number of nitrogens with zero attached hydrogens (tertiary/aromatic N) is 5. The van der Waals surface area contributed by atoms with Gasteiger partial charge >= 0.3 is 0 Å². The molecule has 2 heterocycles. The highest BCUT2D eigenvalue weighted by Gasteiger charge is 2.11. The van der Waals surface area contributed by atoms with E-state index in [1.807, 2.05) is 0 Å². The van der Waals surface area contributed by atoms with Crippen molar-refractivity contribution in [2.45, 2.75) is 13.5 Å². The summed E-state index contributed by atoms with van der Waals surface area (Å²) in [7, 11) is 0. The molecule has 15 heavy (non-hydrogen) atoms. The summed E-state index contributed by atoms with van der Waals surface area (Å²) in [6.07, 6.45) is 0. The second kappa shape index (κ2) is 3.82. The van der Waals surface area contributed by atoms with Crippen LogP contribution in [-0.4, -0.2) is 41.7 Å². The fourth-order valence-electron chi connectivity index (χ4n) is 0.940. The molecule has 2 rings (SSSR count). The molecule has 9 nitrogen and oxygen atoms in total. The third-order valence-electron chi connectivity index (χ3n) is 1.60. The Hall–Kier alpha value is -2.32. The van der Waals surface area contributed by atoms with Gasteiger partial charge in [0.1, 0.15) is 5.82 Å². The molecule has 0 bridgehead atoms. The summed E-state index contributed by atoms with van der Waals surface area (Å²) < 4.78 is 0. The van der Waals surface area contributed by atoms with Crippen LogP contribution in [0.25, 0.3) is 0 Å². The normalized spacial score (nSPS) is 10.2. The van der Waals surface area contributed by atoms with Gasteiger partial charge in [-0.1, -0.05) is 5.21 Å². The van der Waals surface area contributed by atoms with E-state index in [0.717, 1.165) is 0 Å². The highest BCUT2D eigenvalue weighted by atomic mass is 16.2. The highest BCUT2D eigenvalue weighted by Crippen LogP contribution is 1.91. The average molecular weight is 208 g/mol. The van der Waals surface area contributed by atoms with Gasteiger partial charge in [-0.3, -0.25) is 9.89 Å². The number of nitrogens with one attached hydrogen (secondary N) is 3. The summed E-state index contributed by atoms with van der Waals surface area (Å²) in [6, 6.07) is 0. The van der Waals surface area contributed by atoms with Crippen molar-refractivity contribution in [3.63, 3.8) is 0 Å². The van der Waals surface area contributed by atoms with Crippen LogP contribution in [0.3, 0.4) is 0 Å². The Morgan fingerprint density at radius 1 is 1.47 bits per heavy atom. The molecule has 0 unspecified atom stereocenters. The minimum atomic E-state index is -0.385. The largest absolute Gasteiger partial charge is 0.342 e. The molecule has 0 atom stereocenters. The second-order valence-corrected chi connectivity index (χ2v) is 2.76. The number of aromatic amines is 2. The predicted octanol–water partition coefficient (Wildman–Crippen LogP) is -1.44. The van der Waals surface area contributed by atoms with Gasteiger partial charge in [0.2, 0.25) is 5.82 Å². The first kappa shape index (κ1) is 9.24. The monoisotopic (exact) mass is 208 g/mol. The number of amides is 1. The number of aryl methyl sites for hydroxylation is 1. The minimum Gasteiger partial charge on any atom is -0.342 e. The summed E-state index contributed by atoms with van der Waals surface area (Å²) >= 11 is 0. The molecule has 1 amide bonds. The molecular weight excluding hydrogens is 200 g/mol. The van der Waals surface area contributed by atoms with Gasteiger partial charge in [-0.25, -0.2) is 4.98 Å². The highest BCUT2D eigenvalue weighted by molar-refractivity contribution is 5.90. The van der Waals surface area contributed by atoms with Gasteiger partial charge in [-0.2, -0.15) is 5.21 Å². The summed E-state index contributed by atoms with van der Waals surface area (Å²) in [5.41, 5.74) is 0. The van der Waals surface area contributed by atoms with Crippen molar-refractivity contribution in [1.82, 2.24) is 41.1 Å². The van der Waals surface area contributed by atoms with E-state index in [2.05, 4.69) is 41.1 Å². The maximum atomic E-state index is 11.4. The average Bonchev–Trinajstić information content (AvgIpc) is 2.84. The molecule has 0 aromatic carbocycles. The number of aromatic nitrogens is 7. The van der Waals surface area contributed by atoms with E-state index in [-0.39, 0.29) is 18.3 Å². The zero-order valence-corrected chi connectivity index (χ0v) is 7.85. The van der Waals surface area contributed by atoms with Crippen molar-refractivity contribution in [3.05, 3.63) is 17.5 Å². The molecule has 0 radical (unpaired) electrons. The Morgan fingerprint density at radius 3 is 2.93 bits per heavy atom. The molecule has 3 N–H and O–H groups in total. The molecular formula is C6H8N8O. The topological polar surface area (TPSA) is 125 Å². The van der Waals surface area contributed by atoms with Gasteiger partial charge in [-0.15, -0.1) is 15.3 Å². The van der Waals surface area contributed by atoms with Gasteiger partial charge in [0.05, 0.1) is 6.54 Å². The maximum Gasteiger partial charge on any atom is 0.291 e. The Morgan fingerprint density at radius 2 is 2.33 bits per heavy atom. The van der Waals surface area contributed by atoms with Crippen LogP contribution >= 0.6 is 0 Å². The summed E-state index contributed by atoms with van der Waals surface area (Å²) in [4.78, 5) is 15.3. The van der Waals surface area contributed by atoms with E-state index in [1.165, 1.54) is 0 Å². The van der Waals surface area contributed by atoms with Crippen LogP contribution in [0.1, 0.15) is 22.3 Å². The summed E-state index contributed by atoms with van der Waals surface area (Å²) in [6.45, 7) is 1.89. The Balaban J connectivity index is 1.93. The Kier molecular flexibility index (Phi) is 2.35. The van der Waals surface area contributed by atoms with E-state index < -0.39 is 0 Å². The van der Waals surface area contributed by atoms with Crippen molar-refractivity contribution >= 4 is 5.91 Å². The van der Waals surface area contributed by atoms with Crippen molar-refractivity contribution < 1.29 is 4.79 Å². The molecule has 0 saturated carbocycles. The maximum absolute atomic E-state index is 11.4. The number of tetrazole rings is 1. The second-order valence-electron chi connectivity index (χ2n) is 2.76. The molecule has 0 aliphatic rings. The fourth-order valence-corrected chi connectivity index (χ4v) is 0.940. The third kappa shape index (κ3) is 2.13. The van der Waals surface area contributed by atoms with Gasteiger partial charge in [0, 0.05) is 0 Å². The van der Waals surface area contributed by atoms with E-state index in [1.54, 1.807) is 6.92 Å². The number of carbonyl (C=O) groups is 1. The first-order chi connectivity index (χ1) is 7.25. The first-order valence-corrected chi connectivity index (χ1v) is 4.15. The van der Waals surface area contributed by atoms with Crippen LogP contribution in [-0.2, 0) is 6.54 Å². The van der Waals surface area contributed by atoms with E-state index in [0.29, 0.717) is 11.6 Å². The molecule has 2 aromatic heterocycles. The molecule has 0 fully saturated rings. The van der Waals surface area contributed by atoms with Crippen LogP contribution in [0, 0.1) is 6.92 Å². The molecule has 9 heteroatoms. The van der Waals surface area contributed by atoms with E-state index in [4.69, 9.17) is 0 Å². The van der Waals surface area contributed by atoms with E-state index in [9.17, 15) is 4.79 Å². The van der Waals surface area contributed by atoms with Crippen molar-refractivity contribution in [2.75, 3.05) is 0 Å².